The van der Waals surface area contributed by atoms with Crippen molar-refractivity contribution in [3.63, 3.8) is 0 Å². The van der Waals surface area contributed by atoms with Gasteiger partial charge in [0.1, 0.15) is 6.61 Å². The summed E-state index contributed by atoms with van der Waals surface area (Å²) < 4.78 is 12.7. The monoisotopic (exact) mass is 532 g/mol. The lowest BCUT2D eigenvalue weighted by Crippen LogP contribution is -2.40. The fourth-order valence-corrected chi connectivity index (χ4v) is 5.53. The van der Waals surface area contributed by atoms with Crippen molar-refractivity contribution in [2.45, 2.75) is 58.9 Å². The first kappa shape index (κ1) is 27.7. The third-order valence-corrected chi connectivity index (χ3v) is 7.74. The van der Waals surface area contributed by atoms with Crippen molar-refractivity contribution in [2.75, 3.05) is 20.3 Å². The highest BCUT2D eigenvalue weighted by molar-refractivity contribution is 7.07. The van der Waals surface area contributed by atoms with E-state index >= 15 is 0 Å². The van der Waals surface area contributed by atoms with Gasteiger partial charge in [0.15, 0.2) is 4.80 Å². The van der Waals surface area contributed by atoms with Gasteiger partial charge in [-0.05, 0) is 46.6 Å². The second kappa shape index (κ2) is 11.2. The SMILES string of the molecule is COCCOC(=O)C1=C(C)N=c2sc(=Cc3ccc(C(C)(C)C)cc3)c(=O)n2C1c1ccc(C(C)C)cc1. The second-order valence-electron chi connectivity index (χ2n) is 10.9. The molecule has 0 aliphatic carbocycles. The van der Waals surface area contributed by atoms with Gasteiger partial charge in [-0.3, -0.25) is 9.36 Å². The van der Waals surface area contributed by atoms with Crippen LogP contribution in [-0.4, -0.2) is 30.9 Å². The van der Waals surface area contributed by atoms with Gasteiger partial charge in [-0.2, -0.15) is 0 Å². The van der Waals surface area contributed by atoms with Crippen LogP contribution in [0, 0.1) is 0 Å². The van der Waals surface area contributed by atoms with E-state index in [9.17, 15) is 9.59 Å². The van der Waals surface area contributed by atoms with Crippen LogP contribution < -0.4 is 14.9 Å². The first-order chi connectivity index (χ1) is 18.0. The van der Waals surface area contributed by atoms with E-state index in [-0.39, 0.29) is 17.6 Å². The number of thiazole rings is 1. The van der Waals surface area contributed by atoms with Gasteiger partial charge < -0.3 is 9.47 Å². The van der Waals surface area contributed by atoms with E-state index in [1.54, 1.807) is 18.6 Å². The van der Waals surface area contributed by atoms with E-state index in [0.717, 1.165) is 11.1 Å². The van der Waals surface area contributed by atoms with Crippen molar-refractivity contribution >= 4 is 23.4 Å². The van der Waals surface area contributed by atoms with E-state index in [2.05, 4.69) is 63.9 Å². The molecule has 1 aliphatic rings. The van der Waals surface area contributed by atoms with Crippen molar-refractivity contribution in [3.8, 4) is 0 Å². The number of fused-ring (bicyclic) bond motifs is 1. The molecule has 0 radical (unpaired) electrons. The fraction of sp³-hybridized carbons (Fsp3) is 0.387. The lowest BCUT2D eigenvalue weighted by Gasteiger charge is -2.25. The maximum Gasteiger partial charge on any atom is 0.338 e. The average molecular weight is 533 g/mol. The standard InChI is InChI=1S/C31H36N2O4S/c1-19(2)22-10-12-23(13-11-22)27-26(29(35)37-17-16-36-7)20(3)32-30-33(27)28(34)25(38-30)18-21-8-14-24(15-9-21)31(4,5)6/h8-15,18-19,27H,16-17H2,1-7H3. The van der Waals surface area contributed by atoms with Gasteiger partial charge in [-0.15, -0.1) is 0 Å². The zero-order valence-electron chi connectivity index (χ0n) is 23.2. The maximum absolute atomic E-state index is 13.8. The number of nitrogens with zero attached hydrogens (tertiary/aromatic N) is 2. The van der Waals surface area contributed by atoms with Crippen LogP contribution >= 0.6 is 11.3 Å². The van der Waals surface area contributed by atoms with Crippen LogP contribution in [0.3, 0.4) is 0 Å². The van der Waals surface area contributed by atoms with Crippen LogP contribution in [0.4, 0.5) is 0 Å². The first-order valence-electron chi connectivity index (χ1n) is 12.9. The van der Waals surface area contributed by atoms with Crippen LogP contribution in [-0.2, 0) is 19.7 Å². The predicted molar refractivity (Wildman–Crippen MR) is 152 cm³/mol. The number of allylic oxidation sites excluding steroid dienone is 1. The number of ether oxygens (including phenoxy) is 2. The average Bonchev–Trinajstić information content (AvgIpc) is 3.17. The van der Waals surface area contributed by atoms with Gasteiger partial charge in [-0.1, -0.05) is 94.5 Å². The molecule has 0 N–H and O–H groups in total. The van der Waals surface area contributed by atoms with E-state index in [1.165, 1.54) is 22.5 Å². The number of benzene rings is 2. The molecular formula is C31H36N2O4S. The van der Waals surface area contributed by atoms with Gasteiger partial charge in [0.25, 0.3) is 5.56 Å². The Hall–Kier alpha value is -3.29. The summed E-state index contributed by atoms with van der Waals surface area (Å²) in [7, 11) is 1.55. The molecule has 6 nitrogen and oxygen atoms in total. The molecule has 38 heavy (non-hydrogen) atoms. The summed E-state index contributed by atoms with van der Waals surface area (Å²) in [5.41, 5.74) is 4.98. The Labute approximate surface area is 228 Å². The zero-order valence-corrected chi connectivity index (χ0v) is 24.0. The predicted octanol–water partition coefficient (Wildman–Crippen LogP) is 4.85. The number of aromatic nitrogens is 1. The molecule has 2 aromatic carbocycles. The summed E-state index contributed by atoms with van der Waals surface area (Å²) in [4.78, 5) is 32.3. The second-order valence-corrected chi connectivity index (χ2v) is 11.9. The lowest BCUT2D eigenvalue weighted by molar-refractivity contribution is -0.140. The quantitative estimate of drug-likeness (QED) is 0.322. The van der Waals surface area contributed by atoms with Crippen molar-refractivity contribution in [2.24, 2.45) is 4.99 Å². The normalized spacial score (nSPS) is 16.0. The molecule has 0 saturated heterocycles. The molecule has 0 amide bonds. The van der Waals surface area contributed by atoms with E-state index in [1.807, 2.05) is 30.3 Å². The van der Waals surface area contributed by atoms with Crippen LogP contribution in [0.2, 0.25) is 0 Å². The molecule has 0 bridgehead atoms. The van der Waals surface area contributed by atoms with Gasteiger partial charge in [0.2, 0.25) is 0 Å². The van der Waals surface area contributed by atoms with Crippen molar-refractivity contribution in [1.82, 2.24) is 4.57 Å². The number of methoxy groups -OCH3 is 1. The molecule has 1 aliphatic heterocycles. The third-order valence-electron chi connectivity index (χ3n) is 6.76. The minimum Gasteiger partial charge on any atom is -0.460 e. The molecule has 4 rings (SSSR count). The fourth-order valence-electron chi connectivity index (χ4n) is 4.49. The summed E-state index contributed by atoms with van der Waals surface area (Å²) in [6.07, 6.45) is 1.89. The van der Waals surface area contributed by atoms with Gasteiger partial charge in [0, 0.05) is 7.11 Å². The Morgan fingerprint density at radius 3 is 2.32 bits per heavy atom. The number of carbonyl (C=O) groups excluding carboxylic acids is 1. The molecule has 1 atom stereocenters. The lowest BCUT2D eigenvalue weighted by atomic mass is 9.87. The Kier molecular flexibility index (Phi) is 8.19. The number of hydrogen-bond donors (Lipinski definition) is 0. The van der Waals surface area contributed by atoms with Gasteiger partial charge in [-0.25, -0.2) is 9.79 Å². The smallest absolute Gasteiger partial charge is 0.338 e. The largest absolute Gasteiger partial charge is 0.460 e. The molecule has 7 heteroatoms. The zero-order chi connectivity index (χ0) is 27.6. The maximum atomic E-state index is 13.8. The molecule has 1 aromatic heterocycles. The number of rotatable bonds is 7. The Morgan fingerprint density at radius 1 is 1.08 bits per heavy atom. The highest BCUT2D eigenvalue weighted by Gasteiger charge is 2.33. The molecule has 2 heterocycles. The van der Waals surface area contributed by atoms with Crippen LogP contribution in [0.15, 0.2) is 69.6 Å². The molecule has 1 unspecified atom stereocenters. The topological polar surface area (TPSA) is 69.9 Å². The summed E-state index contributed by atoms with van der Waals surface area (Å²) in [5.74, 6) is -0.125. The van der Waals surface area contributed by atoms with Crippen molar-refractivity contribution in [1.29, 1.82) is 0 Å². The van der Waals surface area contributed by atoms with E-state index in [4.69, 9.17) is 9.47 Å². The highest BCUT2D eigenvalue weighted by Crippen LogP contribution is 2.31. The Morgan fingerprint density at radius 2 is 1.74 bits per heavy atom. The third kappa shape index (κ3) is 5.74. The van der Waals surface area contributed by atoms with Gasteiger partial charge >= 0.3 is 5.97 Å². The van der Waals surface area contributed by atoms with Crippen molar-refractivity contribution in [3.05, 3.63) is 102 Å². The minimum atomic E-state index is -0.632. The number of hydrogen-bond acceptors (Lipinski definition) is 6. The van der Waals surface area contributed by atoms with Crippen LogP contribution in [0.25, 0.3) is 6.08 Å². The molecule has 3 aromatic rings. The van der Waals surface area contributed by atoms with Gasteiger partial charge in [0.05, 0.1) is 28.5 Å². The Bertz CT molecular complexity index is 1520. The molecule has 200 valence electrons. The number of esters is 1. The summed E-state index contributed by atoms with van der Waals surface area (Å²) in [6.45, 7) is 13.0. The van der Waals surface area contributed by atoms with E-state index in [0.29, 0.717) is 33.1 Å². The highest BCUT2D eigenvalue weighted by atomic mass is 32.1. The molecular weight excluding hydrogens is 496 g/mol. The summed E-state index contributed by atoms with van der Waals surface area (Å²) in [5, 5.41) is 0. The van der Waals surface area contributed by atoms with Crippen LogP contribution in [0.1, 0.15) is 75.8 Å². The van der Waals surface area contributed by atoms with Crippen molar-refractivity contribution < 1.29 is 14.3 Å². The van der Waals surface area contributed by atoms with Crippen LogP contribution in [0.5, 0.6) is 0 Å². The minimum absolute atomic E-state index is 0.0504. The first-order valence-corrected chi connectivity index (χ1v) is 13.7. The molecule has 0 fully saturated rings. The summed E-state index contributed by atoms with van der Waals surface area (Å²) in [6, 6.07) is 15.7. The number of carbonyl (C=O) groups is 1. The Balaban J connectivity index is 1.84. The molecule has 0 saturated carbocycles. The van der Waals surface area contributed by atoms with E-state index < -0.39 is 12.0 Å². The summed E-state index contributed by atoms with van der Waals surface area (Å²) >= 11 is 1.33. The molecule has 0 spiro atoms.